The van der Waals surface area contributed by atoms with Crippen LogP contribution >= 0.6 is 11.6 Å². The van der Waals surface area contributed by atoms with Gasteiger partial charge in [0.2, 0.25) is 0 Å². The third kappa shape index (κ3) is 5.76. The highest BCUT2D eigenvalue weighted by molar-refractivity contribution is 6.17. The molecular weight excluding hydrogens is 290 g/mol. The van der Waals surface area contributed by atoms with E-state index in [-0.39, 0.29) is 18.3 Å². The molecule has 0 saturated carbocycles. The van der Waals surface area contributed by atoms with Gasteiger partial charge in [-0.3, -0.25) is 9.59 Å². The first-order valence-corrected chi connectivity index (χ1v) is 7.52. The second-order valence-corrected chi connectivity index (χ2v) is 5.57. The molecule has 1 aromatic carbocycles. The Morgan fingerprint density at radius 1 is 1.33 bits per heavy atom. The van der Waals surface area contributed by atoms with Crippen molar-refractivity contribution in [2.75, 3.05) is 20.2 Å². The molecule has 1 rings (SSSR count). The van der Waals surface area contributed by atoms with E-state index in [0.29, 0.717) is 30.5 Å². The van der Waals surface area contributed by atoms with Crippen molar-refractivity contribution in [1.29, 1.82) is 0 Å². The fraction of sp³-hybridized carbons (Fsp3) is 0.500. The summed E-state index contributed by atoms with van der Waals surface area (Å²) in [5, 5.41) is 0. The zero-order valence-corrected chi connectivity index (χ0v) is 13.5. The standard InChI is InChI=1S/C16H22ClNO3/c1-12(2)11-18(8-7-15(19)21-3)16(20)14-6-4-5-13(9-14)10-17/h4-6,9,12H,7-8,10-11H2,1-3H3. The summed E-state index contributed by atoms with van der Waals surface area (Å²) in [4.78, 5) is 25.6. The van der Waals surface area contributed by atoms with E-state index in [1.54, 1.807) is 17.0 Å². The van der Waals surface area contributed by atoms with E-state index in [1.807, 2.05) is 26.0 Å². The third-order valence-corrected chi connectivity index (χ3v) is 3.32. The predicted octanol–water partition coefficient (Wildman–Crippen LogP) is 3.09. The minimum atomic E-state index is -0.314. The maximum atomic E-state index is 12.6. The maximum absolute atomic E-state index is 12.6. The lowest BCUT2D eigenvalue weighted by atomic mass is 10.1. The molecule has 0 radical (unpaired) electrons. The number of hydrogen-bond acceptors (Lipinski definition) is 3. The van der Waals surface area contributed by atoms with Gasteiger partial charge in [-0.05, 0) is 23.6 Å². The molecule has 0 aliphatic rings. The first-order chi connectivity index (χ1) is 9.97. The van der Waals surface area contributed by atoms with Crippen LogP contribution in [0.4, 0.5) is 0 Å². The molecule has 21 heavy (non-hydrogen) atoms. The van der Waals surface area contributed by atoms with Crippen molar-refractivity contribution >= 4 is 23.5 Å². The van der Waals surface area contributed by atoms with E-state index in [2.05, 4.69) is 4.74 Å². The summed E-state index contributed by atoms with van der Waals surface area (Å²) >= 11 is 5.80. The summed E-state index contributed by atoms with van der Waals surface area (Å²) in [5.41, 5.74) is 1.50. The minimum absolute atomic E-state index is 0.0837. The van der Waals surface area contributed by atoms with Crippen LogP contribution < -0.4 is 0 Å². The number of alkyl halides is 1. The van der Waals surface area contributed by atoms with E-state index >= 15 is 0 Å². The quantitative estimate of drug-likeness (QED) is 0.574. The van der Waals surface area contributed by atoms with Crippen LogP contribution in [0.15, 0.2) is 24.3 Å². The van der Waals surface area contributed by atoms with E-state index in [0.717, 1.165) is 5.56 Å². The number of ether oxygens (including phenoxy) is 1. The molecule has 0 fully saturated rings. The lowest BCUT2D eigenvalue weighted by molar-refractivity contribution is -0.140. The van der Waals surface area contributed by atoms with Crippen molar-refractivity contribution in [1.82, 2.24) is 4.90 Å². The topological polar surface area (TPSA) is 46.6 Å². The Bertz CT molecular complexity index is 488. The van der Waals surface area contributed by atoms with Crippen molar-refractivity contribution in [3.8, 4) is 0 Å². The number of carbonyl (C=O) groups excluding carboxylic acids is 2. The van der Waals surface area contributed by atoms with Crippen LogP contribution in [0.2, 0.25) is 0 Å². The number of rotatable bonds is 7. The summed E-state index contributed by atoms with van der Waals surface area (Å²) in [6.07, 6.45) is 0.199. The zero-order chi connectivity index (χ0) is 15.8. The van der Waals surface area contributed by atoms with Crippen molar-refractivity contribution < 1.29 is 14.3 Å². The predicted molar refractivity (Wildman–Crippen MR) is 83.4 cm³/mol. The van der Waals surface area contributed by atoms with Crippen molar-refractivity contribution in [3.63, 3.8) is 0 Å². The molecule has 4 nitrogen and oxygen atoms in total. The highest BCUT2D eigenvalue weighted by Crippen LogP contribution is 2.12. The monoisotopic (exact) mass is 311 g/mol. The Hall–Kier alpha value is -1.55. The molecule has 0 aliphatic carbocycles. The van der Waals surface area contributed by atoms with Crippen LogP contribution in [0.3, 0.4) is 0 Å². The summed E-state index contributed by atoms with van der Waals surface area (Å²) < 4.78 is 4.63. The minimum Gasteiger partial charge on any atom is -0.469 e. The number of halogens is 1. The fourth-order valence-electron chi connectivity index (χ4n) is 2.01. The molecule has 0 aliphatic heterocycles. The van der Waals surface area contributed by atoms with Gasteiger partial charge < -0.3 is 9.64 Å². The van der Waals surface area contributed by atoms with Gasteiger partial charge in [-0.15, -0.1) is 11.6 Å². The van der Waals surface area contributed by atoms with Gasteiger partial charge >= 0.3 is 5.97 Å². The van der Waals surface area contributed by atoms with E-state index in [4.69, 9.17) is 11.6 Å². The number of carbonyl (C=O) groups is 2. The highest BCUT2D eigenvalue weighted by atomic mass is 35.5. The SMILES string of the molecule is COC(=O)CCN(CC(C)C)C(=O)c1cccc(CCl)c1. The average Bonchev–Trinajstić information content (AvgIpc) is 2.49. The van der Waals surface area contributed by atoms with Gasteiger partial charge in [0.1, 0.15) is 0 Å². The molecule has 0 saturated heterocycles. The Morgan fingerprint density at radius 2 is 2.05 bits per heavy atom. The molecule has 5 heteroatoms. The summed E-state index contributed by atoms with van der Waals surface area (Å²) in [6.45, 7) is 5.02. The second-order valence-electron chi connectivity index (χ2n) is 5.31. The van der Waals surface area contributed by atoms with Gasteiger partial charge in [0.15, 0.2) is 0 Å². The second kappa shape index (κ2) is 8.67. The molecule has 0 aromatic heterocycles. The molecule has 0 spiro atoms. The summed E-state index contributed by atoms with van der Waals surface area (Å²) in [5.74, 6) is 0.293. The largest absolute Gasteiger partial charge is 0.469 e. The Morgan fingerprint density at radius 3 is 2.62 bits per heavy atom. The van der Waals surface area contributed by atoms with E-state index in [9.17, 15) is 9.59 Å². The molecule has 1 amide bonds. The van der Waals surface area contributed by atoms with Crippen molar-refractivity contribution in [3.05, 3.63) is 35.4 Å². The summed E-state index contributed by atoms with van der Waals surface area (Å²) in [7, 11) is 1.35. The molecule has 0 N–H and O–H groups in total. The van der Waals surface area contributed by atoms with Gasteiger partial charge in [-0.2, -0.15) is 0 Å². The number of hydrogen-bond donors (Lipinski definition) is 0. The van der Waals surface area contributed by atoms with Crippen LogP contribution in [0.1, 0.15) is 36.2 Å². The number of amides is 1. The van der Waals surface area contributed by atoms with Gasteiger partial charge in [0.05, 0.1) is 13.5 Å². The molecule has 0 unspecified atom stereocenters. The van der Waals surface area contributed by atoms with Crippen LogP contribution in [0, 0.1) is 5.92 Å². The number of benzene rings is 1. The van der Waals surface area contributed by atoms with Gasteiger partial charge in [-0.1, -0.05) is 26.0 Å². The lowest BCUT2D eigenvalue weighted by Gasteiger charge is -2.24. The number of methoxy groups -OCH3 is 1. The molecule has 0 heterocycles. The fourth-order valence-corrected chi connectivity index (χ4v) is 2.18. The van der Waals surface area contributed by atoms with Crippen LogP contribution in [0.5, 0.6) is 0 Å². The molecular formula is C16H22ClNO3. The smallest absolute Gasteiger partial charge is 0.307 e. The maximum Gasteiger partial charge on any atom is 0.307 e. The normalized spacial score (nSPS) is 10.5. The lowest BCUT2D eigenvalue weighted by Crippen LogP contribution is -2.36. The molecule has 116 valence electrons. The molecule has 1 aromatic rings. The van der Waals surface area contributed by atoms with Crippen molar-refractivity contribution in [2.24, 2.45) is 5.92 Å². The van der Waals surface area contributed by atoms with Crippen LogP contribution in [-0.2, 0) is 15.4 Å². The summed E-state index contributed by atoms with van der Waals surface area (Å²) in [6, 6.07) is 7.26. The van der Waals surface area contributed by atoms with Crippen LogP contribution in [0.25, 0.3) is 0 Å². The Kier molecular flexibility index (Phi) is 7.23. The molecule has 0 bridgehead atoms. The Labute approximate surface area is 131 Å². The first-order valence-electron chi connectivity index (χ1n) is 6.99. The van der Waals surface area contributed by atoms with Gasteiger partial charge in [-0.25, -0.2) is 0 Å². The van der Waals surface area contributed by atoms with Crippen molar-refractivity contribution in [2.45, 2.75) is 26.1 Å². The van der Waals surface area contributed by atoms with Gasteiger partial charge in [0, 0.05) is 24.5 Å². The number of nitrogens with zero attached hydrogens (tertiary/aromatic N) is 1. The Balaban J connectivity index is 2.84. The number of esters is 1. The van der Waals surface area contributed by atoms with E-state index in [1.165, 1.54) is 7.11 Å². The molecule has 0 atom stereocenters. The first kappa shape index (κ1) is 17.5. The highest BCUT2D eigenvalue weighted by Gasteiger charge is 2.18. The third-order valence-electron chi connectivity index (χ3n) is 3.01. The zero-order valence-electron chi connectivity index (χ0n) is 12.8. The van der Waals surface area contributed by atoms with Gasteiger partial charge in [0.25, 0.3) is 5.91 Å². The van der Waals surface area contributed by atoms with E-state index < -0.39 is 0 Å². The van der Waals surface area contributed by atoms with Crippen LogP contribution in [-0.4, -0.2) is 37.0 Å². The average molecular weight is 312 g/mol.